The highest BCUT2D eigenvalue weighted by Gasteiger charge is 2.05. The molecule has 0 fully saturated rings. The Morgan fingerprint density at radius 3 is 2.76 bits per heavy atom. The summed E-state index contributed by atoms with van der Waals surface area (Å²) < 4.78 is 5.37. The molecule has 0 aliphatic rings. The van der Waals surface area contributed by atoms with Gasteiger partial charge in [0.05, 0.1) is 0 Å². The molecule has 0 radical (unpaired) electrons. The number of aromatic nitrogens is 3. The number of hydrogen-bond donors (Lipinski definition) is 2. The lowest BCUT2D eigenvalue weighted by Gasteiger charge is -2.11. The third-order valence-corrected chi connectivity index (χ3v) is 3.06. The second kappa shape index (κ2) is 7.54. The predicted molar refractivity (Wildman–Crippen MR) is 83.2 cm³/mol. The van der Waals surface area contributed by atoms with E-state index in [2.05, 4.69) is 25.6 Å². The van der Waals surface area contributed by atoms with Gasteiger partial charge in [-0.15, -0.1) is 0 Å². The fourth-order valence-corrected chi connectivity index (χ4v) is 1.86. The molecule has 2 rings (SSSR count). The first kappa shape index (κ1) is 15.2. The van der Waals surface area contributed by atoms with Crippen molar-refractivity contribution in [3.63, 3.8) is 0 Å². The van der Waals surface area contributed by atoms with Crippen LogP contribution in [0.5, 0.6) is 0 Å². The molecule has 0 aliphatic heterocycles. The van der Waals surface area contributed by atoms with Gasteiger partial charge in [-0.1, -0.05) is 0 Å². The van der Waals surface area contributed by atoms with Crippen LogP contribution in [0.4, 0.5) is 11.6 Å². The molecule has 2 aromatic rings. The van der Waals surface area contributed by atoms with Gasteiger partial charge in [-0.05, 0) is 31.0 Å². The summed E-state index contributed by atoms with van der Waals surface area (Å²) in [6, 6.07) is 3.88. The van der Waals surface area contributed by atoms with E-state index in [1.54, 1.807) is 6.20 Å². The Morgan fingerprint density at radius 2 is 2.05 bits per heavy atom. The predicted octanol–water partition coefficient (Wildman–Crippen LogP) is 2.37. The number of rotatable bonds is 7. The first-order valence-corrected chi connectivity index (χ1v) is 6.99. The lowest BCUT2D eigenvalue weighted by Crippen LogP contribution is -2.08. The van der Waals surface area contributed by atoms with Crippen LogP contribution in [0.3, 0.4) is 0 Å². The second-order valence-corrected chi connectivity index (χ2v) is 4.60. The van der Waals surface area contributed by atoms with Gasteiger partial charge in [0.25, 0.3) is 0 Å². The Balaban J connectivity index is 2.09. The maximum atomic E-state index is 5.37. The molecule has 2 N–H and O–H groups in total. The van der Waals surface area contributed by atoms with Gasteiger partial charge in [-0.25, -0.2) is 9.97 Å². The van der Waals surface area contributed by atoms with Gasteiger partial charge < -0.3 is 15.4 Å². The van der Waals surface area contributed by atoms with E-state index in [1.165, 1.54) is 5.56 Å². The van der Waals surface area contributed by atoms with Crippen molar-refractivity contribution in [1.82, 2.24) is 15.0 Å². The number of ether oxygens (including phenoxy) is 1. The Hall–Kier alpha value is -2.21. The molecule has 0 spiro atoms. The summed E-state index contributed by atoms with van der Waals surface area (Å²) in [5, 5.41) is 6.36. The molecule has 0 aliphatic carbocycles. The van der Waals surface area contributed by atoms with Crippen molar-refractivity contribution in [3.8, 4) is 0 Å². The summed E-state index contributed by atoms with van der Waals surface area (Å²) >= 11 is 0. The molecule has 2 heterocycles. The molecule has 0 bridgehead atoms. The summed E-state index contributed by atoms with van der Waals surface area (Å²) in [5.41, 5.74) is 2.35. The number of aryl methyl sites for hydroxylation is 1. The standard InChI is InChI=1S/C15H21N5O/c1-4-21-10-15-19-13(16-3)7-14(20-15)18-9-12-5-6-17-8-11(12)2/h5-8H,4,9-10H2,1-3H3,(H2,16,18,19,20). The quantitative estimate of drug-likeness (QED) is 0.814. The van der Waals surface area contributed by atoms with Gasteiger partial charge in [-0.2, -0.15) is 0 Å². The molecule has 0 saturated carbocycles. The molecule has 6 heteroatoms. The molecule has 21 heavy (non-hydrogen) atoms. The van der Waals surface area contributed by atoms with E-state index < -0.39 is 0 Å². The van der Waals surface area contributed by atoms with Crippen LogP contribution in [0.1, 0.15) is 23.9 Å². The van der Waals surface area contributed by atoms with Crippen molar-refractivity contribution < 1.29 is 4.74 Å². The van der Waals surface area contributed by atoms with E-state index in [-0.39, 0.29) is 0 Å². The van der Waals surface area contributed by atoms with Crippen molar-refractivity contribution in [1.29, 1.82) is 0 Å². The van der Waals surface area contributed by atoms with Crippen molar-refractivity contribution in [2.24, 2.45) is 0 Å². The lowest BCUT2D eigenvalue weighted by molar-refractivity contribution is 0.128. The van der Waals surface area contributed by atoms with Crippen molar-refractivity contribution in [3.05, 3.63) is 41.5 Å². The zero-order valence-electron chi connectivity index (χ0n) is 12.7. The number of pyridine rings is 1. The minimum atomic E-state index is 0.412. The third-order valence-electron chi connectivity index (χ3n) is 3.06. The zero-order chi connectivity index (χ0) is 15.1. The highest BCUT2D eigenvalue weighted by molar-refractivity contribution is 5.47. The van der Waals surface area contributed by atoms with Gasteiger partial charge in [0.15, 0.2) is 5.82 Å². The topological polar surface area (TPSA) is 72.0 Å². The van der Waals surface area contributed by atoms with Crippen LogP contribution in [-0.4, -0.2) is 28.6 Å². The average Bonchev–Trinajstić information content (AvgIpc) is 2.52. The molecule has 112 valence electrons. The van der Waals surface area contributed by atoms with E-state index in [0.29, 0.717) is 25.6 Å². The second-order valence-electron chi connectivity index (χ2n) is 4.60. The minimum Gasteiger partial charge on any atom is -0.374 e. The lowest BCUT2D eigenvalue weighted by atomic mass is 10.1. The maximum absolute atomic E-state index is 5.37. The van der Waals surface area contributed by atoms with Gasteiger partial charge in [0.2, 0.25) is 0 Å². The largest absolute Gasteiger partial charge is 0.374 e. The fourth-order valence-electron chi connectivity index (χ4n) is 1.86. The van der Waals surface area contributed by atoms with Crippen molar-refractivity contribution >= 4 is 11.6 Å². The molecule has 0 aromatic carbocycles. The van der Waals surface area contributed by atoms with Crippen LogP contribution >= 0.6 is 0 Å². The van der Waals surface area contributed by atoms with Gasteiger partial charge >= 0.3 is 0 Å². The monoisotopic (exact) mass is 287 g/mol. The zero-order valence-corrected chi connectivity index (χ0v) is 12.7. The van der Waals surface area contributed by atoms with E-state index in [0.717, 1.165) is 17.2 Å². The van der Waals surface area contributed by atoms with Gasteiger partial charge in [-0.3, -0.25) is 4.98 Å². The number of nitrogens with one attached hydrogen (secondary N) is 2. The summed E-state index contributed by atoms with van der Waals surface area (Å²) in [6.07, 6.45) is 3.65. The first-order valence-electron chi connectivity index (χ1n) is 6.99. The minimum absolute atomic E-state index is 0.412. The average molecular weight is 287 g/mol. The van der Waals surface area contributed by atoms with Crippen LogP contribution in [0.2, 0.25) is 0 Å². The number of hydrogen-bond acceptors (Lipinski definition) is 6. The summed E-state index contributed by atoms with van der Waals surface area (Å²) in [4.78, 5) is 12.9. The third kappa shape index (κ3) is 4.39. The van der Waals surface area contributed by atoms with E-state index in [4.69, 9.17) is 4.74 Å². The van der Waals surface area contributed by atoms with Crippen LogP contribution in [0.15, 0.2) is 24.5 Å². The SMILES string of the molecule is CCOCc1nc(NC)cc(NCc2ccncc2C)n1. The molecule has 2 aromatic heterocycles. The van der Waals surface area contributed by atoms with Crippen molar-refractivity contribution in [2.75, 3.05) is 24.3 Å². The number of nitrogens with zero attached hydrogens (tertiary/aromatic N) is 3. The molecule has 0 saturated heterocycles. The van der Waals surface area contributed by atoms with Crippen LogP contribution in [0.25, 0.3) is 0 Å². The Labute approximate surface area is 125 Å². The molecule has 0 amide bonds. The highest BCUT2D eigenvalue weighted by atomic mass is 16.5. The van der Waals surface area contributed by atoms with E-state index >= 15 is 0 Å². The Kier molecular flexibility index (Phi) is 5.45. The molecular formula is C15H21N5O. The molecule has 0 atom stereocenters. The smallest absolute Gasteiger partial charge is 0.158 e. The highest BCUT2D eigenvalue weighted by Crippen LogP contribution is 2.14. The summed E-state index contributed by atoms with van der Waals surface area (Å²) in [5.74, 6) is 2.21. The first-order chi connectivity index (χ1) is 10.2. The molecular weight excluding hydrogens is 266 g/mol. The summed E-state index contributed by atoms with van der Waals surface area (Å²) in [7, 11) is 1.84. The Morgan fingerprint density at radius 1 is 1.24 bits per heavy atom. The summed E-state index contributed by atoms with van der Waals surface area (Å²) in [6.45, 7) is 5.75. The van der Waals surface area contributed by atoms with Crippen molar-refractivity contribution in [2.45, 2.75) is 27.0 Å². The van der Waals surface area contributed by atoms with Crippen LogP contribution < -0.4 is 10.6 Å². The van der Waals surface area contributed by atoms with E-state index in [9.17, 15) is 0 Å². The van der Waals surface area contributed by atoms with E-state index in [1.807, 2.05) is 39.2 Å². The van der Waals surface area contributed by atoms with Crippen LogP contribution in [0, 0.1) is 6.92 Å². The van der Waals surface area contributed by atoms with Crippen LogP contribution in [-0.2, 0) is 17.9 Å². The van der Waals surface area contributed by atoms with Gasteiger partial charge in [0.1, 0.15) is 18.2 Å². The molecule has 6 nitrogen and oxygen atoms in total. The normalized spacial score (nSPS) is 10.4. The fraction of sp³-hybridized carbons (Fsp3) is 0.400. The van der Waals surface area contributed by atoms with Gasteiger partial charge in [0, 0.05) is 38.7 Å². The maximum Gasteiger partial charge on any atom is 0.158 e. The number of anilines is 2. The molecule has 0 unspecified atom stereocenters. The Bertz CT molecular complexity index is 588.